The van der Waals surface area contributed by atoms with Crippen LogP contribution in [-0.2, 0) is 38.4 Å². The average molecular weight is 1230 g/mol. The lowest BCUT2D eigenvalue weighted by molar-refractivity contribution is -0.110. The second kappa shape index (κ2) is 25.2. The first-order valence-electron chi connectivity index (χ1n) is 24.4. The van der Waals surface area contributed by atoms with Crippen molar-refractivity contribution in [1.82, 2.24) is 20.2 Å². The van der Waals surface area contributed by atoms with Crippen LogP contribution in [0.4, 0.5) is 17.2 Å². The first kappa shape index (κ1) is 51.8. The number of carbonyl (C=O) groups excluding carboxylic acids is 1. The van der Waals surface area contributed by atoms with E-state index in [1.165, 1.54) is 0 Å². The largest absolute Gasteiger partial charge is 0.489 e. The van der Waals surface area contributed by atoms with E-state index in [9.17, 15) is 10.1 Å². The number of amides is 1. The zero-order valence-corrected chi connectivity index (χ0v) is 45.7. The molecule has 2 fully saturated rings. The number of fused-ring (bicyclic) bond motifs is 3. The van der Waals surface area contributed by atoms with E-state index in [4.69, 9.17) is 45.3 Å². The minimum atomic E-state index is -0.0772. The molecule has 18 heteroatoms. The predicted octanol–water partition coefficient (Wildman–Crippen LogP) is 9.61. The molecule has 4 aromatic carbocycles. The highest BCUT2D eigenvalue weighted by Gasteiger charge is 2.31. The Morgan fingerprint density at radius 1 is 0.901 bits per heavy atom. The summed E-state index contributed by atoms with van der Waals surface area (Å²) in [5, 5.41) is 18.8. The summed E-state index contributed by atoms with van der Waals surface area (Å²) in [6.07, 6.45) is 6.91. The lowest BCUT2D eigenvalue weighted by atomic mass is 10.0. The van der Waals surface area contributed by atoms with Crippen molar-refractivity contribution >= 4 is 105 Å². The van der Waals surface area contributed by atoms with Crippen LogP contribution in [0.3, 0.4) is 0 Å². The van der Waals surface area contributed by atoms with Crippen molar-refractivity contribution in [1.29, 1.82) is 5.26 Å². The molecule has 14 nitrogen and oxygen atoms in total. The van der Waals surface area contributed by atoms with Crippen LogP contribution in [0.25, 0.3) is 16.3 Å². The summed E-state index contributed by atoms with van der Waals surface area (Å²) in [6.45, 7) is 9.65. The number of hydrogen-bond acceptors (Lipinski definition) is 13. The Morgan fingerprint density at radius 2 is 1.68 bits per heavy atom. The van der Waals surface area contributed by atoms with E-state index >= 15 is 0 Å². The van der Waals surface area contributed by atoms with E-state index in [1.807, 2.05) is 48.5 Å². The molecule has 9 rings (SSSR count). The maximum Gasteiger partial charge on any atom is 0.318 e. The Balaban J connectivity index is 0.675. The first-order valence-corrected chi connectivity index (χ1v) is 27.5. The molecule has 71 heavy (non-hydrogen) atoms. The Labute approximate surface area is 451 Å². The second-order valence-corrected chi connectivity index (χ2v) is 21.4. The lowest BCUT2D eigenvalue weighted by Gasteiger charge is -2.37. The van der Waals surface area contributed by atoms with Crippen molar-refractivity contribution in [2.75, 3.05) is 107 Å². The van der Waals surface area contributed by atoms with Crippen molar-refractivity contribution in [3.8, 4) is 17.8 Å². The molecular formula is C53H58Br2ClIN8O6. The van der Waals surface area contributed by atoms with Gasteiger partial charge in [-0.3, -0.25) is 9.69 Å². The van der Waals surface area contributed by atoms with Crippen molar-refractivity contribution in [2.24, 2.45) is 0 Å². The van der Waals surface area contributed by atoms with Crippen LogP contribution in [0.2, 0.25) is 5.02 Å². The fraction of sp³-hybridized carbons (Fsp3) is 0.434. The molecule has 0 spiro atoms. The van der Waals surface area contributed by atoms with Crippen LogP contribution >= 0.6 is 66.1 Å². The van der Waals surface area contributed by atoms with Gasteiger partial charge >= 0.3 is 6.01 Å². The number of hydrogen-bond donors (Lipinski definition) is 2. The van der Waals surface area contributed by atoms with Crippen molar-refractivity contribution in [3.63, 3.8) is 0 Å². The maximum atomic E-state index is 12.6. The van der Waals surface area contributed by atoms with E-state index in [1.54, 1.807) is 0 Å². The van der Waals surface area contributed by atoms with Crippen molar-refractivity contribution < 1.29 is 28.5 Å². The molecule has 374 valence electrons. The summed E-state index contributed by atoms with van der Waals surface area (Å²) >= 11 is 16.4. The number of ether oxygens (including phenoxy) is 5. The number of likely N-dealkylation sites (tertiary alicyclic amines) is 1. The van der Waals surface area contributed by atoms with Crippen LogP contribution in [0.15, 0.2) is 81.8 Å². The van der Waals surface area contributed by atoms with Crippen LogP contribution in [-0.4, -0.2) is 125 Å². The second-order valence-electron chi connectivity index (χ2n) is 18.0. The summed E-state index contributed by atoms with van der Waals surface area (Å²) < 4.78 is 32.7. The fourth-order valence-electron chi connectivity index (χ4n) is 9.84. The summed E-state index contributed by atoms with van der Waals surface area (Å²) in [6, 6.07) is 25.5. The number of nitrogens with one attached hydrogen (secondary N) is 2. The number of halogens is 4. The molecule has 2 atom stereocenters. The molecule has 2 N–H and O–H groups in total. The molecule has 0 unspecified atom stereocenters. The third-order valence-corrected chi connectivity index (χ3v) is 15.5. The highest BCUT2D eigenvalue weighted by molar-refractivity contribution is 14.1. The van der Waals surface area contributed by atoms with Gasteiger partial charge in [-0.05, 0) is 147 Å². The highest BCUT2D eigenvalue weighted by atomic mass is 127. The minimum Gasteiger partial charge on any atom is -0.489 e. The molecule has 5 aromatic rings. The zero-order valence-electron chi connectivity index (χ0n) is 39.6. The van der Waals surface area contributed by atoms with E-state index in [0.29, 0.717) is 96.1 Å². The summed E-state index contributed by atoms with van der Waals surface area (Å²) in [5.74, 6) is 1.56. The number of anilines is 3. The first-order chi connectivity index (χ1) is 34.7. The van der Waals surface area contributed by atoms with Gasteiger partial charge < -0.3 is 44.1 Å². The smallest absolute Gasteiger partial charge is 0.318 e. The summed E-state index contributed by atoms with van der Waals surface area (Å²) in [5.41, 5.74) is 6.75. The molecule has 0 radical (unpaired) electrons. The van der Waals surface area contributed by atoms with Gasteiger partial charge in [0.25, 0.3) is 5.91 Å². The monoisotopic (exact) mass is 1220 g/mol. The third kappa shape index (κ3) is 13.2. The van der Waals surface area contributed by atoms with Gasteiger partial charge in [-0.15, -0.1) is 0 Å². The number of benzene rings is 4. The van der Waals surface area contributed by atoms with Gasteiger partial charge in [-0.2, -0.15) is 15.2 Å². The Bertz CT molecular complexity index is 2740. The SMILES string of the molecule is N#CC[C@H]1CN(c2nc(OC[C@@H]3CCCN3CCCOCCOCCOCCOc3c(Br)cc(C/C=C4\C(=O)Nc5ccc(I)cc54)cc3Br)nc3c2CCN(c2cccc4cccc(Cl)c24)C3)CCN1. The topological polar surface area (TPSA) is 147 Å². The Morgan fingerprint density at radius 3 is 2.48 bits per heavy atom. The third-order valence-electron chi connectivity index (χ3n) is 13.3. The van der Waals surface area contributed by atoms with Crippen molar-refractivity contribution in [3.05, 3.63) is 113 Å². The number of piperazine rings is 1. The van der Waals surface area contributed by atoms with Gasteiger partial charge in [0.2, 0.25) is 0 Å². The van der Waals surface area contributed by atoms with E-state index in [2.05, 4.69) is 110 Å². The van der Waals surface area contributed by atoms with Gasteiger partial charge in [-0.1, -0.05) is 41.9 Å². The predicted molar refractivity (Wildman–Crippen MR) is 294 cm³/mol. The van der Waals surface area contributed by atoms with E-state index in [0.717, 1.165) is 126 Å². The van der Waals surface area contributed by atoms with Gasteiger partial charge in [0, 0.05) is 88.4 Å². The Kier molecular flexibility index (Phi) is 18.4. The van der Waals surface area contributed by atoms with Gasteiger partial charge in [-0.25, -0.2) is 0 Å². The van der Waals surface area contributed by atoms with Crippen LogP contribution in [0.1, 0.15) is 48.1 Å². The molecule has 1 aromatic heterocycles. The zero-order chi connectivity index (χ0) is 49.1. The molecule has 0 aliphatic carbocycles. The Hall–Kier alpha value is -4.10. The molecule has 4 aliphatic rings. The molecule has 2 saturated heterocycles. The number of nitrogens with zero attached hydrogens (tertiary/aromatic N) is 6. The van der Waals surface area contributed by atoms with Gasteiger partial charge in [0.05, 0.1) is 71.7 Å². The lowest BCUT2D eigenvalue weighted by Crippen LogP contribution is -2.51. The molecule has 0 saturated carbocycles. The number of aromatic nitrogens is 2. The number of allylic oxidation sites excluding steroid dienone is 1. The van der Waals surface area contributed by atoms with Gasteiger partial charge in [0.15, 0.2) is 0 Å². The molecule has 5 heterocycles. The number of rotatable bonds is 22. The molecule has 4 aliphatic heterocycles. The maximum absolute atomic E-state index is 12.6. The van der Waals surface area contributed by atoms with Crippen LogP contribution < -0.4 is 29.9 Å². The summed E-state index contributed by atoms with van der Waals surface area (Å²) in [4.78, 5) is 30.0. The standard InChI is InChI=1S/C53H58Br2ClIN8O6/c54-43-29-35(10-12-40-42-31-37(57)11-13-46(42)60-52(40)66)30-44(55)50(43)70-28-27-69-26-25-68-24-23-67-22-4-19-63-18-3-7-39(63)34-71-53-61-47-33-64(48-9-2-6-36-5-1-8-45(56)49(36)48)20-15-41(47)51(62-53)65-21-17-59-38(32-65)14-16-58/h1-2,5-6,8-9,11-13,29-31,38-39,59H,3-4,7,10,14-15,17-28,32-34H2,(H,60,66)/b40-12-/t38-,39-/m0/s1. The summed E-state index contributed by atoms with van der Waals surface area (Å²) in [7, 11) is 0. The normalized spacial score (nSPS) is 18.5. The van der Waals surface area contributed by atoms with Crippen molar-refractivity contribution in [2.45, 2.75) is 57.2 Å². The number of carbonyl (C=O) groups is 1. The average Bonchev–Trinajstić information content (AvgIpc) is 3.96. The molecule has 0 bridgehead atoms. The quantitative estimate of drug-likeness (QED) is 0.0386. The molecular weight excluding hydrogens is 1170 g/mol. The van der Waals surface area contributed by atoms with Crippen LogP contribution in [0.5, 0.6) is 11.8 Å². The molecule has 1 amide bonds. The van der Waals surface area contributed by atoms with E-state index < -0.39 is 0 Å². The fourth-order valence-corrected chi connectivity index (χ4v) is 12.1. The minimum absolute atomic E-state index is 0.0772. The van der Waals surface area contributed by atoms with Crippen LogP contribution in [0, 0.1) is 14.9 Å². The van der Waals surface area contributed by atoms with E-state index in [-0.39, 0.29) is 18.0 Å². The number of nitriles is 1. The van der Waals surface area contributed by atoms with Gasteiger partial charge in [0.1, 0.15) is 24.8 Å². The highest BCUT2D eigenvalue weighted by Crippen LogP contribution is 2.39.